The van der Waals surface area contributed by atoms with Crippen LogP contribution in [-0.4, -0.2) is 35.6 Å². The highest BCUT2D eigenvalue weighted by Gasteiger charge is 2.29. The summed E-state index contributed by atoms with van der Waals surface area (Å²) >= 11 is 0. The maximum absolute atomic E-state index is 11.4. The van der Waals surface area contributed by atoms with Crippen molar-refractivity contribution in [2.75, 3.05) is 0 Å². The lowest BCUT2D eigenvalue weighted by Crippen LogP contribution is -2.20. The van der Waals surface area contributed by atoms with Gasteiger partial charge in [-0.2, -0.15) is 0 Å². The highest BCUT2D eigenvalue weighted by Crippen LogP contribution is 2.35. The summed E-state index contributed by atoms with van der Waals surface area (Å²) in [4.78, 5) is 15.5. The SMILES string of the molecule is CC1CCCC(n2nnc(C(=O)O)c2-c2cncn2C)C1. The molecule has 112 valence electrons. The zero-order valence-corrected chi connectivity index (χ0v) is 12.2. The molecule has 0 radical (unpaired) electrons. The summed E-state index contributed by atoms with van der Waals surface area (Å²) in [5.74, 6) is -0.429. The molecule has 1 fully saturated rings. The molecule has 7 nitrogen and oxygen atoms in total. The number of aromatic carboxylic acids is 1. The fourth-order valence-electron chi connectivity index (χ4n) is 3.14. The van der Waals surface area contributed by atoms with Crippen LogP contribution < -0.4 is 0 Å². The minimum Gasteiger partial charge on any atom is -0.476 e. The second kappa shape index (κ2) is 5.31. The van der Waals surface area contributed by atoms with E-state index in [1.165, 1.54) is 6.42 Å². The molecule has 3 rings (SSSR count). The first-order valence-corrected chi connectivity index (χ1v) is 7.23. The topological polar surface area (TPSA) is 85.8 Å². The average Bonchev–Trinajstić information content (AvgIpc) is 3.04. The number of rotatable bonds is 3. The van der Waals surface area contributed by atoms with E-state index < -0.39 is 5.97 Å². The van der Waals surface area contributed by atoms with Gasteiger partial charge in [0.2, 0.25) is 0 Å². The third kappa shape index (κ3) is 2.43. The van der Waals surface area contributed by atoms with Crippen molar-refractivity contribution in [3.8, 4) is 11.4 Å². The van der Waals surface area contributed by atoms with Gasteiger partial charge in [0.1, 0.15) is 5.69 Å². The fourth-order valence-corrected chi connectivity index (χ4v) is 3.14. The highest BCUT2D eigenvalue weighted by atomic mass is 16.4. The molecule has 1 aliphatic rings. The van der Waals surface area contributed by atoms with Crippen molar-refractivity contribution in [2.45, 2.75) is 38.6 Å². The second-order valence-corrected chi connectivity index (χ2v) is 5.85. The van der Waals surface area contributed by atoms with E-state index in [1.807, 2.05) is 7.05 Å². The van der Waals surface area contributed by atoms with E-state index >= 15 is 0 Å². The summed E-state index contributed by atoms with van der Waals surface area (Å²) in [6.45, 7) is 2.23. The van der Waals surface area contributed by atoms with Crippen molar-refractivity contribution in [2.24, 2.45) is 13.0 Å². The van der Waals surface area contributed by atoms with Crippen LogP contribution in [0.5, 0.6) is 0 Å². The molecule has 2 unspecified atom stereocenters. The lowest BCUT2D eigenvalue weighted by molar-refractivity contribution is 0.0691. The van der Waals surface area contributed by atoms with Crippen LogP contribution in [-0.2, 0) is 7.05 Å². The molecular formula is C14H19N5O2. The minimum absolute atomic E-state index is 0.00294. The van der Waals surface area contributed by atoms with Gasteiger partial charge in [-0.3, -0.25) is 0 Å². The Morgan fingerprint density at radius 1 is 1.43 bits per heavy atom. The minimum atomic E-state index is -1.05. The summed E-state index contributed by atoms with van der Waals surface area (Å²) in [6, 6.07) is 0.208. The van der Waals surface area contributed by atoms with Gasteiger partial charge in [0.05, 0.1) is 24.3 Å². The predicted molar refractivity (Wildman–Crippen MR) is 75.9 cm³/mol. The van der Waals surface area contributed by atoms with E-state index in [9.17, 15) is 9.90 Å². The number of carbonyl (C=O) groups is 1. The van der Waals surface area contributed by atoms with Crippen LogP contribution in [0.1, 0.15) is 49.1 Å². The summed E-state index contributed by atoms with van der Waals surface area (Å²) < 4.78 is 3.59. The Bertz CT molecular complexity index is 660. The number of aryl methyl sites for hydroxylation is 1. The number of carboxylic acids is 1. The van der Waals surface area contributed by atoms with E-state index in [0.29, 0.717) is 11.6 Å². The summed E-state index contributed by atoms with van der Waals surface area (Å²) in [7, 11) is 1.84. The molecular weight excluding hydrogens is 270 g/mol. The molecule has 0 saturated heterocycles. The zero-order chi connectivity index (χ0) is 15.0. The molecule has 2 aromatic rings. The molecule has 1 aliphatic carbocycles. The van der Waals surface area contributed by atoms with Crippen LogP contribution in [0.3, 0.4) is 0 Å². The standard InChI is InChI=1S/C14H19N5O2/c1-9-4-3-5-10(6-9)19-13(11-7-15-8-18(11)2)12(14(20)21)16-17-19/h7-10H,3-6H2,1-2H3,(H,20,21). The van der Waals surface area contributed by atoms with Gasteiger partial charge in [0.15, 0.2) is 5.69 Å². The summed E-state index contributed by atoms with van der Waals surface area (Å²) in [5, 5.41) is 17.4. The zero-order valence-electron chi connectivity index (χ0n) is 12.2. The Morgan fingerprint density at radius 2 is 2.24 bits per heavy atom. The molecule has 7 heteroatoms. The number of hydrogen-bond donors (Lipinski definition) is 1. The number of aromatic nitrogens is 5. The normalized spacial score (nSPS) is 22.4. The van der Waals surface area contributed by atoms with Crippen LogP contribution in [0.4, 0.5) is 0 Å². The van der Waals surface area contributed by atoms with E-state index in [2.05, 4.69) is 22.2 Å². The van der Waals surface area contributed by atoms with Gasteiger partial charge in [0, 0.05) is 7.05 Å². The van der Waals surface area contributed by atoms with Crippen molar-refractivity contribution in [3.05, 3.63) is 18.2 Å². The van der Waals surface area contributed by atoms with Gasteiger partial charge >= 0.3 is 5.97 Å². The fraction of sp³-hybridized carbons (Fsp3) is 0.571. The number of hydrogen-bond acceptors (Lipinski definition) is 4. The van der Waals surface area contributed by atoms with Gasteiger partial charge in [0.25, 0.3) is 0 Å². The van der Waals surface area contributed by atoms with Crippen LogP contribution in [0.2, 0.25) is 0 Å². The monoisotopic (exact) mass is 289 g/mol. The van der Waals surface area contributed by atoms with Crippen LogP contribution in [0.25, 0.3) is 11.4 Å². The number of carboxylic acid groups (broad SMARTS) is 1. The van der Waals surface area contributed by atoms with Crippen LogP contribution >= 0.6 is 0 Å². The van der Waals surface area contributed by atoms with Crippen molar-refractivity contribution < 1.29 is 9.90 Å². The molecule has 0 spiro atoms. The number of nitrogens with zero attached hydrogens (tertiary/aromatic N) is 5. The van der Waals surface area contributed by atoms with E-state index in [4.69, 9.17) is 0 Å². The summed E-state index contributed by atoms with van der Waals surface area (Å²) in [6.07, 6.45) is 7.69. The first kappa shape index (κ1) is 13.8. The maximum Gasteiger partial charge on any atom is 0.358 e. The molecule has 1 saturated carbocycles. The average molecular weight is 289 g/mol. The smallest absolute Gasteiger partial charge is 0.358 e. The van der Waals surface area contributed by atoms with Crippen molar-refractivity contribution in [3.63, 3.8) is 0 Å². The second-order valence-electron chi connectivity index (χ2n) is 5.85. The molecule has 2 atom stereocenters. The molecule has 0 aliphatic heterocycles. The molecule has 0 amide bonds. The number of imidazole rings is 1. The van der Waals surface area contributed by atoms with Gasteiger partial charge in [-0.15, -0.1) is 5.10 Å². The van der Waals surface area contributed by atoms with Crippen molar-refractivity contribution in [1.82, 2.24) is 24.5 Å². The maximum atomic E-state index is 11.4. The van der Waals surface area contributed by atoms with E-state index in [1.54, 1.807) is 21.8 Å². The third-order valence-electron chi connectivity index (χ3n) is 4.21. The van der Waals surface area contributed by atoms with Crippen LogP contribution in [0.15, 0.2) is 12.5 Å². The first-order chi connectivity index (χ1) is 10.1. The van der Waals surface area contributed by atoms with Gasteiger partial charge in [-0.05, 0) is 18.8 Å². The highest BCUT2D eigenvalue weighted by molar-refractivity contribution is 5.92. The molecule has 2 heterocycles. The molecule has 2 aromatic heterocycles. The third-order valence-corrected chi connectivity index (χ3v) is 4.21. The largest absolute Gasteiger partial charge is 0.476 e. The predicted octanol–water partition coefficient (Wildman–Crippen LogP) is 2.13. The Labute approximate surface area is 122 Å². The molecule has 1 N–H and O–H groups in total. The first-order valence-electron chi connectivity index (χ1n) is 7.23. The molecule has 0 aromatic carbocycles. The van der Waals surface area contributed by atoms with E-state index in [-0.39, 0.29) is 11.7 Å². The Morgan fingerprint density at radius 3 is 2.86 bits per heavy atom. The van der Waals surface area contributed by atoms with E-state index in [0.717, 1.165) is 25.0 Å². The van der Waals surface area contributed by atoms with Crippen molar-refractivity contribution in [1.29, 1.82) is 0 Å². The van der Waals surface area contributed by atoms with Gasteiger partial charge < -0.3 is 9.67 Å². The molecule has 21 heavy (non-hydrogen) atoms. The Balaban J connectivity index is 2.09. The van der Waals surface area contributed by atoms with Crippen molar-refractivity contribution >= 4 is 5.97 Å². The molecule has 0 bridgehead atoms. The van der Waals surface area contributed by atoms with Crippen LogP contribution in [0, 0.1) is 5.92 Å². The summed E-state index contributed by atoms with van der Waals surface area (Å²) in [5.41, 5.74) is 1.29. The quantitative estimate of drug-likeness (QED) is 0.935. The Hall–Kier alpha value is -2.18. The van der Waals surface area contributed by atoms with Gasteiger partial charge in [-0.1, -0.05) is 25.0 Å². The van der Waals surface area contributed by atoms with Gasteiger partial charge in [-0.25, -0.2) is 14.5 Å². The Kier molecular flexibility index (Phi) is 3.48. The lowest BCUT2D eigenvalue weighted by Gasteiger charge is -2.27. The lowest BCUT2D eigenvalue weighted by atomic mass is 9.87.